The third-order valence-electron chi connectivity index (χ3n) is 3.98. The highest BCUT2D eigenvalue weighted by Crippen LogP contribution is 2.36. The second-order valence-electron chi connectivity index (χ2n) is 6.11. The van der Waals surface area contributed by atoms with Gasteiger partial charge < -0.3 is 14.2 Å². The SMILES string of the molecule is CCOc1cc(/C=N/NC(=O)COc2cccc3cccnc23)cc(Cl)c1OCC. The third kappa shape index (κ3) is 5.39. The lowest BCUT2D eigenvalue weighted by atomic mass is 10.2. The van der Waals surface area contributed by atoms with E-state index in [4.69, 9.17) is 25.8 Å². The summed E-state index contributed by atoms with van der Waals surface area (Å²) in [6, 6.07) is 12.7. The van der Waals surface area contributed by atoms with Crippen molar-refractivity contribution in [3.63, 3.8) is 0 Å². The maximum Gasteiger partial charge on any atom is 0.277 e. The average molecular weight is 428 g/mol. The van der Waals surface area contributed by atoms with Crippen LogP contribution in [-0.4, -0.2) is 36.9 Å². The Morgan fingerprint density at radius 3 is 2.70 bits per heavy atom. The maximum atomic E-state index is 12.1. The molecule has 7 nitrogen and oxygen atoms in total. The highest BCUT2D eigenvalue weighted by Gasteiger charge is 2.12. The van der Waals surface area contributed by atoms with Crippen molar-refractivity contribution in [2.75, 3.05) is 19.8 Å². The van der Waals surface area contributed by atoms with E-state index in [1.165, 1.54) is 6.21 Å². The van der Waals surface area contributed by atoms with Crippen LogP contribution >= 0.6 is 11.6 Å². The molecule has 0 aliphatic rings. The molecule has 1 N–H and O–H groups in total. The summed E-state index contributed by atoms with van der Waals surface area (Å²) in [6.45, 7) is 4.48. The van der Waals surface area contributed by atoms with Crippen molar-refractivity contribution in [3.8, 4) is 17.2 Å². The zero-order valence-electron chi connectivity index (χ0n) is 16.7. The molecule has 0 saturated heterocycles. The van der Waals surface area contributed by atoms with Gasteiger partial charge >= 0.3 is 0 Å². The number of hydrazone groups is 1. The van der Waals surface area contributed by atoms with E-state index >= 15 is 0 Å². The first-order chi connectivity index (χ1) is 14.6. The molecule has 0 fully saturated rings. The standard InChI is InChI=1S/C22H22ClN3O4/c1-3-28-19-12-15(11-17(23)22(19)29-4-2)13-25-26-20(27)14-30-18-9-5-7-16-8-6-10-24-21(16)18/h5-13H,3-4,14H2,1-2H3,(H,26,27)/b25-13+. The van der Waals surface area contributed by atoms with Crippen LogP contribution < -0.4 is 19.6 Å². The van der Waals surface area contributed by atoms with Gasteiger partial charge in [0.05, 0.1) is 24.5 Å². The molecule has 3 aromatic rings. The molecule has 0 aliphatic heterocycles. The number of ether oxygens (including phenoxy) is 3. The molecule has 3 rings (SSSR count). The predicted octanol–water partition coefficient (Wildman–Crippen LogP) is 4.21. The Kier molecular flexibility index (Phi) is 7.45. The molecule has 1 heterocycles. The molecule has 0 saturated carbocycles. The van der Waals surface area contributed by atoms with Gasteiger partial charge in [-0.25, -0.2) is 5.43 Å². The van der Waals surface area contributed by atoms with Crippen LogP contribution in [0.15, 0.2) is 53.8 Å². The fourth-order valence-corrected chi connectivity index (χ4v) is 3.03. The molecule has 8 heteroatoms. The molecule has 30 heavy (non-hydrogen) atoms. The van der Waals surface area contributed by atoms with Crippen LogP contribution in [0.2, 0.25) is 5.02 Å². The van der Waals surface area contributed by atoms with Crippen LogP contribution in [-0.2, 0) is 4.79 Å². The second-order valence-corrected chi connectivity index (χ2v) is 6.52. The summed E-state index contributed by atoms with van der Waals surface area (Å²) in [7, 11) is 0. The molecule has 1 amide bonds. The van der Waals surface area contributed by atoms with Crippen LogP contribution in [0.4, 0.5) is 0 Å². The summed E-state index contributed by atoms with van der Waals surface area (Å²) >= 11 is 6.28. The van der Waals surface area contributed by atoms with Crippen molar-refractivity contribution in [1.82, 2.24) is 10.4 Å². The first kappa shape index (κ1) is 21.4. The number of pyridine rings is 1. The second kappa shape index (κ2) is 10.5. The van der Waals surface area contributed by atoms with Gasteiger partial charge in [-0.2, -0.15) is 5.10 Å². The van der Waals surface area contributed by atoms with E-state index in [9.17, 15) is 4.79 Å². The van der Waals surface area contributed by atoms with Gasteiger partial charge in [-0.05, 0) is 43.7 Å². The van der Waals surface area contributed by atoms with Crippen LogP contribution in [0, 0.1) is 0 Å². The van der Waals surface area contributed by atoms with Crippen molar-refractivity contribution < 1.29 is 19.0 Å². The minimum atomic E-state index is -0.402. The largest absolute Gasteiger partial charge is 0.490 e. The van der Waals surface area contributed by atoms with Gasteiger partial charge in [-0.3, -0.25) is 9.78 Å². The number of aromatic nitrogens is 1. The number of nitrogens with zero attached hydrogens (tertiary/aromatic N) is 2. The maximum absolute atomic E-state index is 12.1. The number of para-hydroxylation sites is 1. The van der Waals surface area contributed by atoms with Gasteiger partial charge in [0.2, 0.25) is 0 Å². The number of benzene rings is 2. The quantitative estimate of drug-likeness (QED) is 0.408. The highest BCUT2D eigenvalue weighted by molar-refractivity contribution is 6.32. The number of amides is 1. The van der Waals surface area contributed by atoms with Gasteiger partial charge in [0, 0.05) is 11.6 Å². The zero-order valence-corrected chi connectivity index (χ0v) is 17.5. The number of hydrogen-bond acceptors (Lipinski definition) is 6. The molecule has 0 unspecified atom stereocenters. The number of fused-ring (bicyclic) bond motifs is 1. The molecule has 2 aromatic carbocycles. The van der Waals surface area contributed by atoms with Gasteiger partial charge in [0.1, 0.15) is 11.3 Å². The Hall–Kier alpha value is -3.32. The average Bonchev–Trinajstić information content (AvgIpc) is 2.75. The van der Waals surface area contributed by atoms with E-state index in [1.54, 1.807) is 24.4 Å². The van der Waals surface area contributed by atoms with E-state index in [0.717, 1.165) is 5.39 Å². The molecule has 0 radical (unpaired) electrons. The van der Waals surface area contributed by atoms with Crippen LogP contribution in [0.25, 0.3) is 10.9 Å². The molecule has 0 aliphatic carbocycles. The number of hydrogen-bond donors (Lipinski definition) is 1. The van der Waals surface area contributed by atoms with Crippen LogP contribution in [0.3, 0.4) is 0 Å². The van der Waals surface area contributed by atoms with E-state index in [2.05, 4.69) is 15.5 Å². The zero-order chi connectivity index (χ0) is 21.3. The minimum Gasteiger partial charge on any atom is -0.490 e. The highest BCUT2D eigenvalue weighted by atomic mass is 35.5. The fourth-order valence-electron chi connectivity index (χ4n) is 2.76. The van der Waals surface area contributed by atoms with Gasteiger partial charge in [0.15, 0.2) is 18.1 Å². The van der Waals surface area contributed by atoms with Gasteiger partial charge in [0.25, 0.3) is 5.91 Å². The predicted molar refractivity (Wildman–Crippen MR) is 117 cm³/mol. The van der Waals surface area contributed by atoms with E-state index in [0.29, 0.717) is 46.6 Å². The molecule has 0 spiro atoms. The Balaban J connectivity index is 1.61. The Morgan fingerprint density at radius 1 is 1.10 bits per heavy atom. The lowest BCUT2D eigenvalue weighted by Gasteiger charge is -2.13. The molecule has 1 aromatic heterocycles. The summed E-state index contributed by atoms with van der Waals surface area (Å²) in [6.07, 6.45) is 3.15. The summed E-state index contributed by atoms with van der Waals surface area (Å²) in [4.78, 5) is 16.4. The third-order valence-corrected chi connectivity index (χ3v) is 4.26. The normalized spacial score (nSPS) is 10.9. The topological polar surface area (TPSA) is 82.0 Å². The molecule has 0 bridgehead atoms. The lowest BCUT2D eigenvalue weighted by molar-refractivity contribution is -0.123. The van der Waals surface area contributed by atoms with Gasteiger partial charge in [-0.1, -0.05) is 29.8 Å². The van der Waals surface area contributed by atoms with E-state index in [1.807, 2.05) is 38.1 Å². The van der Waals surface area contributed by atoms with Crippen molar-refractivity contribution in [3.05, 3.63) is 59.2 Å². The number of nitrogens with one attached hydrogen (secondary N) is 1. The first-order valence-corrected chi connectivity index (χ1v) is 9.87. The van der Waals surface area contributed by atoms with Crippen molar-refractivity contribution in [1.29, 1.82) is 0 Å². The minimum absolute atomic E-state index is 0.193. The molecule has 156 valence electrons. The molecule has 0 atom stereocenters. The van der Waals surface area contributed by atoms with Crippen molar-refractivity contribution >= 4 is 34.6 Å². The number of carbonyl (C=O) groups is 1. The molecular weight excluding hydrogens is 406 g/mol. The Morgan fingerprint density at radius 2 is 1.90 bits per heavy atom. The fraction of sp³-hybridized carbons (Fsp3) is 0.227. The van der Waals surface area contributed by atoms with E-state index in [-0.39, 0.29) is 6.61 Å². The monoisotopic (exact) mass is 427 g/mol. The first-order valence-electron chi connectivity index (χ1n) is 9.50. The van der Waals surface area contributed by atoms with Crippen LogP contribution in [0.5, 0.6) is 17.2 Å². The van der Waals surface area contributed by atoms with Crippen molar-refractivity contribution in [2.45, 2.75) is 13.8 Å². The summed E-state index contributed by atoms with van der Waals surface area (Å²) in [5, 5.41) is 5.30. The van der Waals surface area contributed by atoms with Crippen LogP contribution in [0.1, 0.15) is 19.4 Å². The number of carbonyl (C=O) groups excluding carboxylic acids is 1. The summed E-state index contributed by atoms with van der Waals surface area (Å²) < 4.78 is 16.7. The smallest absolute Gasteiger partial charge is 0.277 e. The Bertz CT molecular complexity index is 1050. The lowest BCUT2D eigenvalue weighted by Crippen LogP contribution is -2.24. The molecular formula is C22H22ClN3O4. The van der Waals surface area contributed by atoms with Crippen molar-refractivity contribution in [2.24, 2.45) is 5.10 Å². The van der Waals surface area contributed by atoms with Gasteiger partial charge in [-0.15, -0.1) is 0 Å². The van der Waals surface area contributed by atoms with E-state index < -0.39 is 5.91 Å². The Labute approximate surface area is 179 Å². The number of rotatable bonds is 9. The summed E-state index contributed by atoms with van der Waals surface area (Å²) in [5.41, 5.74) is 3.79. The summed E-state index contributed by atoms with van der Waals surface area (Å²) in [5.74, 6) is 1.14. The number of halogens is 1.